The summed E-state index contributed by atoms with van der Waals surface area (Å²) in [6, 6.07) is 16.0. The normalized spacial score (nSPS) is 18.7. The molecule has 1 amide bonds. The third kappa shape index (κ3) is 4.71. The number of amides is 1. The van der Waals surface area contributed by atoms with Crippen molar-refractivity contribution < 1.29 is 13.2 Å². The highest BCUT2D eigenvalue weighted by atomic mass is 32.2. The van der Waals surface area contributed by atoms with Gasteiger partial charge in [0.1, 0.15) is 0 Å². The largest absolute Gasteiger partial charge is 0.335 e. The maximum absolute atomic E-state index is 13.3. The summed E-state index contributed by atoms with van der Waals surface area (Å²) in [5.41, 5.74) is 4.05. The summed E-state index contributed by atoms with van der Waals surface area (Å²) in [6.45, 7) is 6.07. The summed E-state index contributed by atoms with van der Waals surface area (Å²) >= 11 is 1.41. The van der Waals surface area contributed by atoms with E-state index < -0.39 is 9.84 Å². The predicted octanol–water partition coefficient (Wildman–Crippen LogP) is 4.24. The second-order valence-electron chi connectivity index (χ2n) is 8.46. The highest BCUT2D eigenvalue weighted by Gasteiger charge is 2.36. The van der Waals surface area contributed by atoms with Crippen LogP contribution in [-0.2, 0) is 14.6 Å². The molecule has 0 bridgehead atoms. The van der Waals surface area contributed by atoms with Crippen LogP contribution in [0.3, 0.4) is 0 Å². The molecule has 6 nitrogen and oxygen atoms in total. The van der Waals surface area contributed by atoms with Gasteiger partial charge in [0.15, 0.2) is 15.0 Å². The van der Waals surface area contributed by atoms with E-state index in [1.54, 1.807) is 4.90 Å². The molecule has 0 saturated carbocycles. The van der Waals surface area contributed by atoms with E-state index in [-0.39, 0.29) is 35.2 Å². The lowest BCUT2D eigenvalue weighted by Gasteiger charge is -2.33. The van der Waals surface area contributed by atoms with Crippen LogP contribution in [-0.4, -0.2) is 58.1 Å². The minimum absolute atomic E-state index is 0.00249. The molecule has 1 fully saturated rings. The number of thioether (sulfide) groups is 1. The number of imidazole rings is 1. The Morgan fingerprint density at radius 3 is 2.59 bits per heavy atom. The molecule has 8 heteroatoms. The number of benzene rings is 2. The van der Waals surface area contributed by atoms with Crippen LogP contribution in [0.5, 0.6) is 0 Å². The van der Waals surface area contributed by atoms with Gasteiger partial charge >= 0.3 is 0 Å². The molecule has 0 radical (unpaired) electrons. The third-order valence-corrected chi connectivity index (χ3v) is 8.78. The van der Waals surface area contributed by atoms with E-state index in [0.29, 0.717) is 6.42 Å². The standard InChI is InChI=1S/C24H29N3O3S2/c1-4-18(3)26(20-13-14-32(29,30)16-20)23(28)15-31-24-25-21-7-5-6-8-22(21)27(24)19-11-9-17(2)10-12-19/h5-12,18,20H,4,13-16H2,1-3H3/t18-,20+/m1/s1. The van der Waals surface area contributed by atoms with Gasteiger partial charge in [-0.1, -0.05) is 48.5 Å². The van der Waals surface area contributed by atoms with Gasteiger partial charge in [0.25, 0.3) is 0 Å². The monoisotopic (exact) mass is 471 g/mol. The van der Waals surface area contributed by atoms with E-state index in [1.807, 2.05) is 38.1 Å². The first-order valence-electron chi connectivity index (χ1n) is 11.0. The molecule has 0 aliphatic carbocycles. The van der Waals surface area contributed by atoms with Crippen LogP contribution in [0, 0.1) is 6.92 Å². The number of para-hydroxylation sites is 2. The van der Waals surface area contributed by atoms with Crippen molar-refractivity contribution in [2.75, 3.05) is 17.3 Å². The summed E-state index contributed by atoms with van der Waals surface area (Å²) in [4.78, 5) is 19.9. The number of nitrogens with zero attached hydrogens (tertiary/aromatic N) is 3. The smallest absolute Gasteiger partial charge is 0.233 e. The van der Waals surface area contributed by atoms with Crippen LogP contribution in [0.2, 0.25) is 0 Å². The number of fused-ring (bicyclic) bond motifs is 1. The predicted molar refractivity (Wildman–Crippen MR) is 130 cm³/mol. The Balaban J connectivity index is 1.61. The molecule has 2 aromatic carbocycles. The number of aryl methyl sites for hydroxylation is 1. The average Bonchev–Trinajstić information content (AvgIpc) is 3.32. The number of hydrogen-bond donors (Lipinski definition) is 0. The van der Waals surface area contributed by atoms with Crippen molar-refractivity contribution in [3.63, 3.8) is 0 Å². The Hall–Kier alpha value is -2.32. The fourth-order valence-corrected chi connectivity index (χ4v) is 6.85. The molecule has 3 aromatic rings. The van der Waals surface area contributed by atoms with Crippen LogP contribution in [0.15, 0.2) is 53.7 Å². The second-order valence-corrected chi connectivity index (χ2v) is 11.6. The molecular weight excluding hydrogens is 442 g/mol. The summed E-state index contributed by atoms with van der Waals surface area (Å²) < 4.78 is 26.1. The Labute approximate surface area is 193 Å². The average molecular weight is 472 g/mol. The van der Waals surface area contributed by atoms with Crippen LogP contribution in [0.4, 0.5) is 0 Å². The summed E-state index contributed by atoms with van der Waals surface area (Å²) in [5, 5.41) is 0.756. The van der Waals surface area contributed by atoms with Gasteiger partial charge in [-0.3, -0.25) is 9.36 Å². The van der Waals surface area contributed by atoms with Crippen molar-refractivity contribution in [3.8, 4) is 5.69 Å². The zero-order valence-corrected chi connectivity index (χ0v) is 20.3. The molecule has 0 spiro atoms. The molecule has 2 atom stereocenters. The van der Waals surface area contributed by atoms with Crippen molar-refractivity contribution in [2.24, 2.45) is 0 Å². The molecule has 0 unspecified atom stereocenters. The lowest BCUT2D eigenvalue weighted by atomic mass is 10.1. The van der Waals surface area contributed by atoms with E-state index in [9.17, 15) is 13.2 Å². The number of aromatic nitrogens is 2. The Morgan fingerprint density at radius 2 is 1.94 bits per heavy atom. The van der Waals surface area contributed by atoms with E-state index in [0.717, 1.165) is 28.3 Å². The number of hydrogen-bond acceptors (Lipinski definition) is 5. The summed E-state index contributed by atoms with van der Waals surface area (Å²) in [7, 11) is -3.06. The van der Waals surface area contributed by atoms with Gasteiger partial charge in [-0.05, 0) is 51.0 Å². The molecule has 0 N–H and O–H groups in total. The zero-order valence-electron chi connectivity index (χ0n) is 18.7. The number of carbonyl (C=O) groups excluding carboxylic acids is 1. The van der Waals surface area contributed by atoms with E-state index >= 15 is 0 Å². The molecule has 4 rings (SSSR count). The number of carbonyl (C=O) groups is 1. The molecule has 32 heavy (non-hydrogen) atoms. The van der Waals surface area contributed by atoms with Gasteiger partial charge in [-0.15, -0.1) is 0 Å². The molecule has 1 aliphatic heterocycles. The van der Waals surface area contributed by atoms with Crippen molar-refractivity contribution in [1.29, 1.82) is 0 Å². The van der Waals surface area contributed by atoms with E-state index in [1.165, 1.54) is 17.3 Å². The van der Waals surface area contributed by atoms with Crippen LogP contribution in [0.1, 0.15) is 32.3 Å². The van der Waals surface area contributed by atoms with Gasteiger partial charge < -0.3 is 4.90 Å². The first kappa shape index (κ1) is 22.9. The third-order valence-electron chi connectivity index (χ3n) is 6.10. The number of rotatable bonds is 7. The van der Waals surface area contributed by atoms with Gasteiger partial charge in [-0.2, -0.15) is 0 Å². The number of sulfone groups is 1. The van der Waals surface area contributed by atoms with Crippen molar-refractivity contribution in [3.05, 3.63) is 54.1 Å². The summed E-state index contributed by atoms with van der Waals surface area (Å²) in [5.74, 6) is 0.411. The molecular formula is C24H29N3O3S2. The fourth-order valence-electron chi connectivity index (χ4n) is 4.25. The highest BCUT2D eigenvalue weighted by molar-refractivity contribution is 7.99. The lowest BCUT2D eigenvalue weighted by molar-refractivity contribution is -0.132. The van der Waals surface area contributed by atoms with Gasteiger partial charge in [0.05, 0.1) is 28.3 Å². The minimum atomic E-state index is -3.06. The maximum atomic E-state index is 13.3. The zero-order chi connectivity index (χ0) is 22.9. The molecule has 1 aromatic heterocycles. The van der Waals surface area contributed by atoms with E-state index in [2.05, 4.69) is 35.8 Å². The quantitative estimate of drug-likeness (QED) is 0.482. The molecule has 170 valence electrons. The Bertz CT molecular complexity index is 1220. The second kappa shape index (κ2) is 9.27. The fraction of sp³-hybridized carbons (Fsp3) is 0.417. The first-order chi connectivity index (χ1) is 15.3. The first-order valence-corrected chi connectivity index (χ1v) is 13.8. The topological polar surface area (TPSA) is 72.3 Å². The molecule has 2 heterocycles. The van der Waals surface area contributed by atoms with Crippen molar-refractivity contribution >= 4 is 38.5 Å². The maximum Gasteiger partial charge on any atom is 0.233 e. The van der Waals surface area contributed by atoms with Gasteiger partial charge in [0.2, 0.25) is 5.91 Å². The summed E-state index contributed by atoms with van der Waals surface area (Å²) in [6.07, 6.45) is 1.31. The highest BCUT2D eigenvalue weighted by Crippen LogP contribution is 2.29. The van der Waals surface area contributed by atoms with Crippen LogP contribution < -0.4 is 0 Å². The minimum Gasteiger partial charge on any atom is -0.335 e. The van der Waals surface area contributed by atoms with Crippen LogP contribution in [0.25, 0.3) is 16.7 Å². The van der Waals surface area contributed by atoms with Gasteiger partial charge in [0, 0.05) is 17.8 Å². The SMILES string of the molecule is CC[C@@H](C)N(C(=O)CSc1nc2ccccc2n1-c1ccc(C)cc1)[C@H]1CCS(=O)(=O)C1. The molecule has 1 saturated heterocycles. The molecule has 1 aliphatic rings. The Kier molecular flexibility index (Phi) is 6.62. The lowest BCUT2D eigenvalue weighted by Crippen LogP contribution is -2.47. The van der Waals surface area contributed by atoms with Crippen molar-refractivity contribution in [1.82, 2.24) is 14.5 Å². The van der Waals surface area contributed by atoms with Gasteiger partial charge in [-0.25, -0.2) is 13.4 Å². The Morgan fingerprint density at radius 1 is 1.22 bits per heavy atom. The van der Waals surface area contributed by atoms with E-state index in [4.69, 9.17) is 4.98 Å². The van der Waals surface area contributed by atoms with Crippen molar-refractivity contribution in [2.45, 2.75) is 50.9 Å². The van der Waals surface area contributed by atoms with Crippen LogP contribution >= 0.6 is 11.8 Å².